The molecule has 25 heavy (non-hydrogen) atoms. The lowest BCUT2D eigenvalue weighted by atomic mass is 10.1. The van der Waals surface area contributed by atoms with Crippen LogP contribution in [0.25, 0.3) is 0 Å². The highest BCUT2D eigenvalue weighted by Crippen LogP contribution is 2.17. The maximum Gasteiger partial charge on any atom is 0.224 e. The normalized spacial score (nSPS) is 15.4. The van der Waals surface area contributed by atoms with E-state index in [1.807, 2.05) is 38.1 Å². The molecule has 0 spiro atoms. The Balaban J connectivity index is 1.95. The van der Waals surface area contributed by atoms with Crippen LogP contribution in [0.15, 0.2) is 29.3 Å². The Hall–Kier alpha value is -2.04. The molecular weight excluding hydrogens is 312 g/mol. The van der Waals surface area contributed by atoms with Gasteiger partial charge in [-0.05, 0) is 43.4 Å². The van der Waals surface area contributed by atoms with Gasteiger partial charge >= 0.3 is 0 Å². The summed E-state index contributed by atoms with van der Waals surface area (Å²) in [4.78, 5) is 16.6. The summed E-state index contributed by atoms with van der Waals surface area (Å²) in [6.07, 6.45) is 5.59. The van der Waals surface area contributed by atoms with E-state index in [0.717, 1.165) is 23.8 Å². The molecule has 3 N–H and O–H groups in total. The van der Waals surface area contributed by atoms with Gasteiger partial charge in [0.25, 0.3) is 0 Å². The van der Waals surface area contributed by atoms with Crippen LogP contribution >= 0.6 is 0 Å². The highest BCUT2D eigenvalue weighted by molar-refractivity contribution is 5.90. The number of aliphatic imine (C=N–C) groups is 1. The summed E-state index contributed by atoms with van der Waals surface area (Å²) >= 11 is 0. The second-order valence-electron chi connectivity index (χ2n) is 7.17. The zero-order valence-corrected chi connectivity index (χ0v) is 15.8. The Labute approximate surface area is 151 Å². The third-order valence-electron chi connectivity index (χ3n) is 4.26. The number of rotatable bonds is 7. The van der Waals surface area contributed by atoms with E-state index < -0.39 is 0 Å². The minimum absolute atomic E-state index is 0.0619. The second kappa shape index (κ2) is 10.1. The average Bonchev–Trinajstić information content (AvgIpc) is 3.05. The van der Waals surface area contributed by atoms with E-state index in [4.69, 9.17) is 4.99 Å². The van der Waals surface area contributed by atoms with Crippen molar-refractivity contribution < 1.29 is 4.79 Å². The Morgan fingerprint density at radius 2 is 2.04 bits per heavy atom. The molecule has 1 aliphatic carbocycles. The van der Waals surface area contributed by atoms with Crippen LogP contribution in [0.2, 0.25) is 0 Å². The topological polar surface area (TPSA) is 65.5 Å². The number of carbonyl (C=O) groups excluding carboxylic acids is 1. The molecule has 0 atom stereocenters. The molecule has 0 unspecified atom stereocenters. The molecular formula is C20H32N4O. The summed E-state index contributed by atoms with van der Waals surface area (Å²) in [7, 11) is 0. The first kappa shape index (κ1) is 19.3. The van der Waals surface area contributed by atoms with Crippen molar-refractivity contribution in [1.29, 1.82) is 0 Å². The predicted octanol–water partition coefficient (Wildman–Crippen LogP) is 3.67. The van der Waals surface area contributed by atoms with Gasteiger partial charge in [-0.1, -0.05) is 38.8 Å². The number of benzene rings is 1. The highest BCUT2D eigenvalue weighted by Gasteiger charge is 2.15. The fourth-order valence-corrected chi connectivity index (χ4v) is 3.08. The summed E-state index contributed by atoms with van der Waals surface area (Å²) in [5.41, 5.74) is 1.93. The van der Waals surface area contributed by atoms with Gasteiger partial charge in [0.2, 0.25) is 5.91 Å². The van der Waals surface area contributed by atoms with Gasteiger partial charge in [0.15, 0.2) is 5.96 Å². The molecule has 0 saturated heterocycles. The number of carbonyl (C=O) groups is 1. The molecule has 5 heteroatoms. The molecule has 0 aliphatic heterocycles. The molecule has 0 aromatic heterocycles. The molecule has 0 bridgehead atoms. The first-order valence-corrected chi connectivity index (χ1v) is 9.50. The molecule has 2 rings (SSSR count). The van der Waals surface area contributed by atoms with Crippen molar-refractivity contribution in [3.63, 3.8) is 0 Å². The van der Waals surface area contributed by atoms with E-state index >= 15 is 0 Å². The monoisotopic (exact) mass is 344 g/mol. The van der Waals surface area contributed by atoms with E-state index in [1.54, 1.807) is 0 Å². The second-order valence-corrected chi connectivity index (χ2v) is 7.17. The third-order valence-corrected chi connectivity index (χ3v) is 4.26. The van der Waals surface area contributed by atoms with Gasteiger partial charge in [-0.25, -0.2) is 4.99 Å². The van der Waals surface area contributed by atoms with E-state index in [2.05, 4.69) is 22.9 Å². The lowest BCUT2D eigenvalue weighted by Gasteiger charge is -2.16. The SMILES string of the molecule is CCNC(=NCc1cccc(NC(=O)CC(C)C)c1)NC1CCCC1. The van der Waals surface area contributed by atoms with Crippen LogP contribution in [0, 0.1) is 5.92 Å². The Morgan fingerprint density at radius 1 is 1.28 bits per heavy atom. The van der Waals surface area contributed by atoms with Crippen molar-refractivity contribution in [2.24, 2.45) is 10.9 Å². The van der Waals surface area contributed by atoms with E-state index in [-0.39, 0.29) is 5.91 Å². The Morgan fingerprint density at radius 3 is 2.72 bits per heavy atom. The molecule has 1 aliphatic rings. The van der Waals surface area contributed by atoms with Gasteiger partial charge in [0.1, 0.15) is 0 Å². The molecule has 1 aromatic rings. The number of anilines is 1. The number of nitrogens with zero attached hydrogens (tertiary/aromatic N) is 1. The Kier molecular flexibility index (Phi) is 7.76. The van der Waals surface area contributed by atoms with Crippen molar-refractivity contribution >= 4 is 17.6 Å². The minimum atomic E-state index is 0.0619. The van der Waals surface area contributed by atoms with E-state index in [0.29, 0.717) is 24.9 Å². The fraction of sp³-hybridized carbons (Fsp3) is 0.600. The molecule has 5 nitrogen and oxygen atoms in total. The zero-order chi connectivity index (χ0) is 18.1. The van der Waals surface area contributed by atoms with E-state index in [9.17, 15) is 4.79 Å². The van der Waals surface area contributed by atoms with Crippen LogP contribution in [0.3, 0.4) is 0 Å². The van der Waals surface area contributed by atoms with Crippen molar-refractivity contribution in [2.45, 2.75) is 65.5 Å². The third kappa shape index (κ3) is 7.16. The van der Waals surface area contributed by atoms with Crippen LogP contribution in [0.1, 0.15) is 58.4 Å². The maximum atomic E-state index is 11.9. The minimum Gasteiger partial charge on any atom is -0.357 e. The maximum absolute atomic E-state index is 11.9. The predicted molar refractivity (Wildman–Crippen MR) is 105 cm³/mol. The van der Waals surface area contributed by atoms with Gasteiger partial charge in [0.05, 0.1) is 6.54 Å². The number of hydrogen-bond acceptors (Lipinski definition) is 2. The lowest BCUT2D eigenvalue weighted by Crippen LogP contribution is -2.42. The standard InChI is InChI=1S/C20H32N4O/c1-4-21-20(24-17-9-5-6-10-17)22-14-16-8-7-11-18(13-16)23-19(25)12-15(2)3/h7-8,11,13,15,17H,4-6,9-10,12,14H2,1-3H3,(H,23,25)(H2,21,22,24). The van der Waals surface area contributed by atoms with Crippen LogP contribution in [0.4, 0.5) is 5.69 Å². The van der Waals surface area contributed by atoms with Crippen LogP contribution < -0.4 is 16.0 Å². The molecule has 1 saturated carbocycles. The van der Waals surface area contributed by atoms with Gasteiger partial charge in [0, 0.05) is 24.7 Å². The Bertz CT molecular complexity index is 577. The van der Waals surface area contributed by atoms with Crippen LogP contribution in [-0.4, -0.2) is 24.5 Å². The fourth-order valence-electron chi connectivity index (χ4n) is 3.08. The number of nitrogens with one attached hydrogen (secondary N) is 3. The molecule has 0 radical (unpaired) electrons. The highest BCUT2D eigenvalue weighted by atomic mass is 16.1. The first-order valence-electron chi connectivity index (χ1n) is 9.50. The molecule has 138 valence electrons. The van der Waals surface area contributed by atoms with Crippen molar-refractivity contribution in [3.8, 4) is 0 Å². The van der Waals surface area contributed by atoms with Gasteiger partial charge in [-0.2, -0.15) is 0 Å². The van der Waals surface area contributed by atoms with Crippen LogP contribution in [-0.2, 0) is 11.3 Å². The van der Waals surface area contributed by atoms with E-state index in [1.165, 1.54) is 25.7 Å². The number of hydrogen-bond donors (Lipinski definition) is 3. The smallest absolute Gasteiger partial charge is 0.224 e. The quantitative estimate of drug-likeness (QED) is 0.522. The van der Waals surface area contributed by atoms with Crippen molar-refractivity contribution in [1.82, 2.24) is 10.6 Å². The van der Waals surface area contributed by atoms with Crippen molar-refractivity contribution in [2.75, 3.05) is 11.9 Å². The van der Waals surface area contributed by atoms with Crippen LogP contribution in [0.5, 0.6) is 0 Å². The lowest BCUT2D eigenvalue weighted by molar-refractivity contribution is -0.116. The number of guanidine groups is 1. The molecule has 1 amide bonds. The molecule has 1 aromatic carbocycles. The first-order chi connectivity index (χ1) is 12.1. The van der Waals surface area contributed by atoms with Gasteiger partial charge in [-0.15, -0.1) is 0 Å². The largest absolute Gasteiger partial charge is 0.357 e. The summed E-state index contributed by atoms with van der Waals surface area (Å²) in [5, 5.41) is 9.81. The van der Waals surface area contributed by atoms with Crippen molar-refractivity contribution in [3.05, 3.63) is 29.8 Å². The molecule has 1 fully saturated rings. The van der Waals surface area contributed by atoms with Gasteiger partial charge < -0.3 is 16.0 Å². The number of amides is 1. The van der Waals surface area contributed by atoms with Gasteiger partial charge in [-0.3, -0.25) is 4.79 Å². The summed E-state index contributed by atoms with van der Waals surface area (Å²) in [5.74, 6) is 1.30. The summed E-state index contributed by atoms with van der Waals surface area (Å²) in [6, 6.07) is 8.47. The summed E-state index contributed by atoms with van der Waals surface area (Å²) < 4.78 is 0. The zero-order valence-electron chi connectivity index (χ0n) is 15.8. The summed E-state index contributed by atoms with van der Waals surface area (Å²) in [6.45, 7) is 7.62. The molecule has 0 heterocycles. The average molecular weight is 345 g/mol.